The first kappa shape index (κ1) is 23.4. The van der Waals surface area contributed by atoms with Crippen molar-refractivity contribution in [3.8, 4) is 23.0 Å². The van der Waals surface area contributed by atoms with Gasteiger partial charge < -0.3 is 24.3 Å². The van der Waals surface area contributed by atoms with E-state index >= 15 is 0 Å². The Morgan fingerprint density at radius 3 is 2.35 bits per heavy atom. The highest BCUT2D eigenvalue weighted by molar-refractivity contribution is 5.98. The van der Waals surface area contributed by atoms with E-state index in [-0.39, 0.29) is 6.17 Å². The van der Waals surface area contributed by atoms with Crippen LogP contribution in [0.3, 0.4) is 0 Å². The van der Waals surface area contributed by atoms with E-state index in [2.05, 4.69) is 62.1 Å². The van der Waals surface area contributed by atoms with E-state index in [1.165, 1.54) is 0 Å². The minimum absolute atomic E-state index is 0.192. The van der Waals surface area contributed by atoms with E-state index in [4.69, 9.17) is 28.9 Å². The van der Waals surface area contributed by atoms with Crippen molar-refractivity contribution in [3.63, 3.8) is 0 Å². The molecule has 5 heterocycles. The summed E-state index contributed by atoms with van der Waals surface area (Å²) < 4.78 is 25.9. The number of benzene rings is 3. The van der Waals surface area contributed by atoms with E-state index < -0.39 is 0 Å². The van der Waals surface area contributed by atoms with Crippen LogP contribution in [0.15, 0.2) is 65.7 Å². The summed E-state index contributed by atoms with van der Waals surface area (Å²) in [5.74, 6) is 4.87. The molecule has 0 saturated carbocycles. The van der Waals surface area contributed by atoms with Crippen molar-refractivity contribution in [1.82, 2.24) is 19.8 Å². The van der Waals surface area contributed by atoms with Crippen LogP contribution in [0, 0.1) is 0 Å². The van der Waals surface area contributed by atoms with Crippen LogP contribution in [0.2, 0.25) is 0 Å². The van der Waals surface area contributed by atoms with Gasteiger partial charge >= 0.3 is 0 Å². The predicted octanol–water partition coefficient (Wildman–Crippen LogP) is 4.10. The van der Waals surface area contributed by atoms with Crippen molar-refractivity contribution in [2.75, 3.05) is 44.7 Å². The molecule has 10 heteroatoms. The Balaban J connectivity index is 1.13. The van der Waals surface area contributed by atoms with Crippen LogP contribution in [0.4, 0.5) is 5.95 Å². The van der Waals surface area contributed by atoms with Gasteiger partial charge in [-0.2, -0.15) is 0 Å². The average Bonchev–Trinajstić information content (AvgIpc) is 3.10. The Morgan fingerprint density at radius 1 is 0.800 bits per heavy atom. The Labute approximate surface area is 231 Å². The van der Waals surface area contributed by atoms with Crippen molar-refractivity contribution in [2.45, 2.75) is 25.6 Å². The van der Waals surface area contributed by atoms with Crippen LogP contribution in [0.5, 0.6) is 23.0 Å². The van der Waals surface area contributed by atoms with Gasteiger partial charge in [0.1, 0.15) is 6.17 Å². The molecule has 4 aliphatic heterocycles. The molecule has 0 aliphatic carbocycles. The third kappa shape index (κ3) is 4.06. The lowest BCUT2D eigenvalue weighted by atomic mass is 10.1. The SMILES string of the molecule is c1ccc2c(c1)nc1n2C(c2ccc3c(c2)OCCCO3)NC2=NCN(Cc3ccc4c(c3)OCCCO4)CN21. The van der Waals surface area contributed by atoms with Crippen molar-refractivity contribution in [3.05, 3.63) is 71.8 Å². The minimum Gasteiger partial charge on any atom is -0.490 e. The summed E-state index contributed by atoms with van der Waals surface area (Å²) in [5.41, 5.74) is 4.22. The predicted molar refractivity (Wildman–Crippen MR) is 150 cm³/mol. The number of ether oxygens (including phenoxy) is 4. The molecule has 1 atom stereocenters. The zero-order chi connectivity index (χ0) is 26.5. The van der Waals surface area contributed by atoms with E-state index in [1.54, 1.807) is 0 Å². The van der Waals surface area contributed by atoms with Crippen LogP contribution >= 0.6 is 0 Å². The van der Waals surface area contributed by atoms with Crippen molar-refractivity contribution in [2.24, 2.45) is 4.99 Å². The van der Waals surface area contributed by atoms with Crippen LogP contribution in [-0.4, -0.2) is 60.2 Å². The molecule has 4 aliphatic rings. The molecule has 1 N–H and O–H groups in total. The van der Waals surface area contributed by atoms with Gasteiger partial charge in [0.15, 0.2) is 23.0 Å². The first-order chi connectivity index (χ1) is 19.8. The molecular formula is C30H30N6O4. The number of hydrogen-bond acceptors (Lipinski definition) is 9. The van der Waals surface area contributed by atoms with E-state index in [0.717, 1.165) is 76.5 Å². The maximum atomic E-state index is 6.01. The summed E-state index contributed by atoms with van der Waals surface area (Å²) >= 11 is 0. The zero-order valence-electron chi connectivity index (χ0n) is 22.1. The first-order valence-electron chi connectivity index (χ1n) is 13.9. The van der Waals surface area contributed by atoms with E-state index in [1.807, 2.05) is 18.2 Å². The fourth-order valence-electron chi connectivity index (χ4n) is 5.76. The molecule has 8 rings (SSSR count). The van der Waals surface area contributed by atoms with E-state index in [0.29, 0.717) is 39.8 Å². The number of rotatable bonds is 3. The zero-order valence-corrected chi connectivity index (χ0v) is 22.1. The number of imidazole rings is 1. The molecule has 4 aromatic rings. The number of anilines is 1. The number of aromatic nitrogens is 2. The number of nitrogens with zero attached hydrogens (tertiary/aromatic N) is 5. The third-order valence-corrected chi connectivity index (χ3v) is 7.67. The second-order valence-electron chi connectivity index (χ2n) is 10.4. The van der Waals surface area contributed by atoms with Gasteiger partial charge in [0.05, 0.1) is 50.8 Å². The number of aliphatic imine (C=N–C) groups is 1. The van der Waals surface area contributed by atoms with Gasteiger partial charge in [0.25, 0.3) is 0 Å². The highest BCUT2D eigenvalue weighted by Gasteiger charge is 2.36. The topological polar surface area (TPSA) is 85.6 Å². The average molecular weight is 539 g/mol. The van der Waals surface area contributed by atoms with Crippen LogP contribution < -0.4 is 29.2 Å². The number of guanidine groups is 1. The van der Waals surface area contributed by atoms with Gasteiger partial charge in [-0.05, 0) is 47.5 Å². The maximum Gasteiger partial charge on any atom is 0.216 e. The summed E-state index contributed by atoms with van der Waals surface area (Å²) in [4.78, 5) is 14.5. The molecule has 204 valence electrons. The number of nitrogens with one attached hydrogen (secondary N) is 1. The second kappa shape index (κ2) is 9.63. The highest BCUT2D eigenvalue weighted by atomic mass is 16.5. The number of hydrogen-bond donors (Lipinski definition) is 1. The van der Waals surface area contributed by atoms with Crippen LogP contribution in [0.1, 0.15) is 30.1 Å². The Bertz CT molecular complexity index is 1620. The third-order valence-electron chi connectivity index (χ3n) is 7.67. The summed E-state index contributed by atoms with van der Waals surface area (Å²) in [5, 5.41) is 3.70. The van der Waals surface area contributed by atoms with Crippen molar-refractivity contribution in [1.29, 1.82) is 0 Å². The van der Waals surface area contributed by atoms with Gasteiger partial charge in [-0.15, -0.1) is 0 Å². The summed E-state index contributed by atoms with van der Waals surface area (Å²) in [6, 6.07) is 20.6. The second-order valence-corrected chi connectivity index (χ2v) is 10.4. The van der Waals surface area contributed by atoms with Crippen molar-refractivity contribution >= 4 is 22.9 Å². The molecule has 0 amide bonds. The van der Waals surface area contributed by atoms with Gasteiger partial charge in [-0.25, -0.2) is 9.98 Å². The number of fused-ring (bicyclic) bond motifs is 7. The number of para-hydroxylation sites is 2. The van der Waals surface area contributed by atoms with E-state index in [9.17, 15) is 0 Å². The van der Waals surface area contributed by atoms with Gasteiger partial charge in [0, 0.05) is 19.4 Å². The fraction of sp³-hybridized carbons (Fsp3) is 0.333. The first-order valence-corrected chi connectivity index (χ1v) is 13.9. The summed E-state index contributed by atoms with van der Waals surface area (Å²) in [6.07, 6.45) is 1.57. The maximum absolute atomic E-state index is 6.01. The van der Waals surface area contributed by atoms with Crippen LogP contribution in [0.25, 0.3) is 11.0 Å². The molecule has 3 aromatic carbocycles. The molecule has 0 saturated heterocycles. The fourth-order valence-corrected chi connectivity index (χ4v) is 5.76. The molecule has 0 spiro atoms. The Hall–Kier alpha value is -4.44. The molecule has 10 nitrogen and oxygen atoms in total. The molecular weight excluding hydrogens is 508 g/mol. The lowest BCUT2D eigenvalue weighted by Gasteiger charge is -2.41. The van der Waals surface area contributed by atoms with Gasteiger partial charge in [-0.1, -0.05) is 24.3 Å². The van der Waals surface area contributed by atoms with Crippen molar-refractivity contribution < 1.29 is 18.9 Å². The molecule has 1 aromatic heterocycles. The summed E-state index contributed by atoms with van der Waals surface area (Å²) in [6.45, 7) is 4.63. The molecule has 40 heavy (non-hydrogen) atoms. The van der Waals surface area contributed by atoms with Crippen LogP contribution in [-0.2, 0) is 6.54 Å². The lowest BCUT2D eigenvalue weighted by Crippen LogP contribution is -2.57. The van der Waals surface area contributed by atoms with Gasteiger partial charge in [-0.3, -0.25) is 14.4 Å². The van der Waals surface area contributed by atoms with Gasteiger partial charge in [0.2, 0.25) is 11.9 Å². The monoisotopic (exact) mass is 538 g/mol. The summed E-state index contributed by atoms with van der Waals surface area (Å²) in [7, 11) is 0. The Morgan fingerprint density at radius 2 is 1.52 bits per heavy atom. The smallest absolute Gasteiger partial charge is 0.216 e. The molecule has 0 fully saturated rings. The largest absolute Gasteiger partial charge is 0.490 e. The minimum atomic E-state index is -0.192. The molecule has 1 unspecified atom stereocenters. The molecule has 0 radical (unpaired) electrons. The highest BCUT2D eigenvalue weighted by Crippen LogP contribution is 2.38. The Kier molecular flexibility index (Phi) is 5.65. The lowest BCUT2D eigenvalue weighted by molar-refractivity contribution is 0.263. The normalized spacial score (nSPS) is 20.1. The standard InChI is InChI=1S/C30H30N6O4/c1-2-6-23-22(5-1)32-30-35-19-34(17-20-7-9-24-26(15-20)39-13-3-11-37-24)18-31-29(35)33-28(36(23)30)21-8-10-25-27(16-21)40-14-4-12-38-25/h1-2,5-10,15-16,28H,3-4,11-14,17-19H2,(H,31,33). The quantitative estimate of drug-likeness (QED) is 0.417. The molecule has 0 bridgehead atoms.